The minimum absolute atomic E-state index is 0.139. The molecule has 2 N–H and O–H groups in total. The second-order valence-corrected chi connectivity index (χ2v) is 3.84. The molecule has 0 bridgehead atoms. The molecule has 17 heavy (non-hydrogen) atoms. The van der Waals surface area contributed by atoms with Gasteiger partial charge in [0.2, 0.25) is 0 Å². The van der Waals surface area contributed by atoms with Gasteiger partial charge in [0, 0.05) is 19.6 Å². The topological polar surface area (TPSA) is 35.5 Å². The molecule has 0 fully saturated rings. The summed E-state index contributed by atoms with van der Waals surface area (Å²) in [4.78, 5) is 1.56. The number of nitrogens with one attached hydrogen (secondary N) is 1. The van der Waals surface area contributed by atoms with Gasteiger partial charge in [-0.3, -0.25) is 0 Å². The molecular weight excluding hydrogens is 233 g/mol. The van der Waals surface area contributed by atoms with E-state index in [-0.39, 0.29) is 18.8 Å². The molecule has 1 aromatic carbocycles. The van der Waals surface area contributed by atoms with Crippen molar-refractivity contribution < 1.29 is 18.3 Å². The molecular formula is C11H13F3N2O. The smallest absolute Gasteiger partial charge is 0.395 e. The standard InChI is InChI=1S/C11H13F3N2O/c12-11(13,14)8-2-1-3-9-10(8)16(6-7-17)5-4-15-9/h1-3,15,17H,4-7H2. The number of fused-ring (bicyclic) bond motifs is 1. The van der Waals surface area contributed by atoms with Gasteiger partial charge in [0.05, 0.1) is 23.5 Å². The first kappa shape index (κ1) is 12.0. The molecule has 0 aromatic heterocycles. The molecule has 1 aliphatic heterocycles. The van der Waals surface area contributed by atoms with Crippen molar-refractivity contribution >= 4 is 11.4 Å². The minimum Gasteiger partial charge on any atom is -0.395 e. The Bertz CT molecular complexity index is 406. The van der Waals surface area contributed by atoms with Gasteiger partial charge in [0.25, 0.3) is 0 Å². The number of β-amino-alcohol motifs (C(OH)–C–C–N with tert-alkyl or cyclic N) is 1. The Labute approximate surface area is 96.9 Å². The minimum atomic E-state index is -4.38. The van der Waals surface area contributed by atoms with E-state index in [4.69, 9.17) is 5.11 Å². The number of aliphatic hydroxyl groups is 1. The van der Waals surface area contributed by atoms with Crippen molar-refractivity contribution in [2.45, 2.75) is 6.18 Å². The summed E-state index contributed by atoms with van der Waals surface area (Å²) in [5.74, 6) is 0. The lowest BCUT2D eigenvalue weighted by Gasteiger charge is -2.33. The highest BCUT2D eigenvalue weighted by atomic mass is 19.4. The number of aliphatic hydroxyl groups excluding tert-OH is 1. The summed E-state index contributed by atoms with van der Waals surface area (Å²) in [6.07, 6.45) is -4.38. The van der Waals surface area contributed by atoms with E-state index in [9.17, 15) is 13.2 Å². The summed E-state index contributed by atoms with van der Waals surface area (Å²) >= 11 is 0. The fourth-order valence-corrected chi connectivity index (χ4v) is 2.04. The number of para-hydroxylation sites is 1. The molecule has 0 aliphatic carbocycles. The molecule has 0 saturated carbocycles. The molecule has 1 aliphatic rings. The van der Waals surface area contributed by atoms with Gasteiger partial charge in [-0.25, -0.2) is 0 Å². The van der Waals surface area contributed by atoms with Crippen LogP contribution in [0.4, 0.5) is 24.5 Å². The summed E-state index contributed by atoms with van der Waals surface area (Å²) in [5, 5.41) is 11.8. The predicted octanol–water partition coefficient (Wildman–Crippen LogP) is 1.93. The summed E-state index contributed by atoms with van der Waals surface area (Å²) < 4.78 is 38.6. The van der Waals surface area contributed by atoms with Crippen LogP contribution in [0.25, 0.3) is 0 Å². The first-order valence-corrected chi connectivity index (χ1v) is 5.34. The molecule has 0 radical (unpaired) electrons. The van der Waals surface area contributed by atoms with E-state index in [1.54, 1.807) is 11.0 Å². The van der Waals surface area contributed by atoms with Crippen molar-refractivity contribution in [1.82, 2.24) is 0 Å². The Kier molecular flexibility index (Phi) is 3.15. The Hall–Kier alpha value is -1.43. The van der Waals surface area contributed by atoms with Crippen LogP contribution in [0.2, 0.25) is 0 Å². The second-order valence-electron chi connectivity index (χ2n) is 3.84. The van der Waals surface area contributed by atoms with E-state index in [0.717, 1.165) is 6.07 Å². The lowest BCUT2D eigenvalue weighted by molar-refractivity contribution is -0.137. The number of halogens is 3. The van der Waals surface area contributed by atoms with E-state index < -0.39 is 11.7 Å². The van der Waals surface area contributed by atoms with Crippen LogP contribution < -0.4 is 10.2 Å². The van der Waals surface area contributed by atoms with Gasteiger partial charge in [-0.1, -0.05) is 6.07 Å². The summed E-state index contributed by atoms with van der Waals surface area (Å²) in [6.45, 7) is 1.09. The van der Waals surface area contributed by atoms with Crippen molar-refractivity contribution in [3.63, 3.8) is 0 Å². The maximum absolute atomic E-state index is 12.9. The molecule has 0 spiro atoms. The number of nitrogens with zero attached hydrogens (tertiary/aromatic N) is 1. The highest BCUT2D eigenvalue weighted by molar-refractivity contribution is 5.76. The Balaban J connectivity index is 2.49. The van der Waals surface area contributed by atoms with Crippen molar-refractivity contribution in [2.24, 2.45) is 0 Å². The van der Waals surface area contributed by atoms with Crippen LogP contribution >= 0.6 is 0 Å². The maximum atomic E-state index is 12.9. The molecule has 2 rings (SSSR count). The molecule has 1 heterocycles. The fourth-order valence-electron chi connectivity index (χ4n) is 2.04. The zero-order valence-electron chi connectivity index (χ0n) is 9.09. The Morgan fingerprint density at radius 2 is 2.12 bits per heavy atom. The van der Waals surface area contributed by atoms with Crippen LogP contribution in [0.5, 0.6) is 0 Å². The van der Waals surface area contributed by atoms with Crippen LogP contribution in [-0.4, -0.2) is 31.3 Å². The van der Waals surface area contributed by atoms with Crippen molar-refractivity contribution in [3.8, 4) is 0 Å². The highest BCUT2D eigenvalue weighted by Crippen LogP contribution is 2.41. The number of anilines is 2. The van der Waals surface area contributed by atoms with Crippen LogP contribution in [0.3, 0.4) is 0 Å². The second kappa shape index (κ2) is 4.44. The predicted molar refractivity (Wildman–Crippen MR) is 59.2 cm³/mol. The summed E-state index contributed by atoms with van der Waals surface area (Å²) in [7, 11) is 0. The molecule has 0 unspecified atom stereocenters. The molecule has 3 nitrogen and oxygen atoms in total. The number of rotatable bonds is 2. The van der Waals surface area contributed by atoms with Gasteiger partial charge in [0.1, 0.15) is 0 Å². The van der Waals surface area contributed by atoms with Crippen molar-refractivity contribution in [3.05, 3.63) is 23.8 Å². The van der Waals surface area contributed by atoms with Gasteiger partial charge in [-0.2, -0.15) is 13.2 Å². The molecule has 0 amide bonds. The van der Waals surface area contributed by atoms with Crippen LogP contribution in [0.1, 0.15) is 5.56 Å². The number of benzene rings is 1. The number of hydrogen-bond donors (Lipinski definition) is 2. The lowest BCUT2D eigenvalue weighted by Crippen LogP contribution is -2.37. The highest BCUT2D eigenvalue weighted by Gasteiger charge is 2.36. The summed E-state index contributed by atoms with van der Waals surface area (Å²) in [6, 6.07) is 4.07. The normalized spacial score (nSPS) is 15.4. The number of alkyl halides is 3. The van der Waals surface area contributed by atoms with Gasteiger partial charge in [0.15, 0.2) is 0 Å². The van der Waals surface area contributed by atoms with Crippen LogP contribution in [0.15, 0.2) is 18.2 Å². The van der Waals surface area contributed by atoms with Crippen LogP contribution in [0, 0.1) is 0 Å². The zero-order valence-corrected chi connectivity index (χ0v) is 9.09. The van der Waals surface area contributed by atoms with Gasteiger partial charge >= 0.3 is 6.18 Å². The van der Waals surface area contributed by atoms with E-state index in [0.29, 0.717) is 18.8 Å². The van der Waals surface area contributed by atoms with E-state index in [1.165, 1.54) is 6.07 Å². The first-order chi connectivity index (χ1) is 8.04. The number of hydrogen-bond acceptors (Lipinski definition) is 3. The molecule has 0 saturated heterocycles. The largest absolute Gasteiger partial charge is 0.418 e. The summed E-state index contributed by atoms with van der Waals surface area (Å²) in [5.41, 5.74) is -0.0459. The van der Waals surface area contributed by atoms with Crippen LogP contribution in [-0.2, 0) is 6.18 Å². The Morgan fingerprint density at radius 3 is 2.76 bits per heavy atom. The Morgan fingerprint density at radius 1 is 1.35 bits per heavy atom. The van der Waals surface area contributed by atoms with Gasteiger partial charge in [-0.15, -0.1) is 0 Å². The molecule has 0 atom stereocenters. The molecule has 1 aromatic rings. The molecule has 94 valence electrons. The van der Waals surface area contributed by atoms with Gasteiger partial charge in [-0.05, 0) is 12.1 Å². The van der Waals surface area contributed by atoms with Gasteiger partial charge < -0.3 is 15.3 Å². The third kappa shape index (κ3) is 2.31. The maximum Gasteiger partial charge on any atom is 0.418 e. The van der Waals surface area contributed by atoms with E-state index >= 15 is 0 Å². The molecule has 6 heteroatoms. The quantitative estimate of drug-likeness (QED) is 0.837. The third-order valence-electron chi connectivity index (χ3n) is 2.72. The average Bonchev–Trinajstić information content (AvgIpc) is 2.28. The fraction of sp³-hybridized carbons (Fsp3) is 0.455. The SMILES string of the molecule is OCCN1CCNc2cccc(C(F)(F)F)c21. The first-order valence-electron chi connectivity index (χ1n) is 5.34. The average molecular weight is 246 g/mol. The lowest BCUT2D eigenvalue weighted by atomic mass is 10.1. The van der Waals surface area contributed by atoms with Crippen molar-refractivity contribution in [1.29, 1.82) is 0 Å². The van der Waals surface area contributed by atoms with Crippen molar-refractivity contribution in [2.75, 3.05) is 36.5 Å². The third-order valence-corrected chi connectivity index (χ3v) is 2.72. The monoisotopic (exact) mass is 246 g/mol. The zero-order chi connectivity index (χ0) is 12.5. The van der Waals surface area contributed by atoms with E-state index in [1.807, 2.05) is 0 Å². The van der Waals surface area contributed by atoms with E-state index in [2.05, 4.69) is 5.32 Å².